The average Bonchev–Trinajstić information content (AvgIpc) is 2.26. The Hall–Kier alpha value is -1.60. The monoisotopic (exact) mass is 291 g/mol. The van der Waals surface area contributed by atoms with Gasteiger partial charge in [0, 0.05) is 0 Å². The van der Waals surface area contributed by atoms with Gasteiger partial charge in [0.25, 0.3) is 5.56 Å². The molecule has 0 aliphatic heterocycles. The number of benzene rings is 1. The van der Waals surface area contributed by atoms with E-state index in [1.165, 1.54) is 6.92 Å². The third-order valence-corrected chi connectivity index (χ3v) is 2.86. The largest absolute Gasteiger partial charge is 0.416 e. The van der Waals surface area contributed by atoms with Gasteiger partial charge in [-0.2, -0.15) is 13.2 Å². The molecule has 1 atom stereocenters. The van der Waals surface area contributed by atoms with E-state index in [2.05, 4.69) is 4.98 Å². The Kier molecular flexibility index (Phi) is 3.27. The number of nitrogens with two attached hydrogens (primary N) is 1. The number of aromatic nitrogens is 2. The lowest BCUT2D eigenvalue weighted by molar-refractivity contribution is -0.137. The van der Waals surface area contributed by atoms with Crippen LogP contribution in [0.25, 0.3) is 10.9 Å². The van der Waals surface area contributed by atoms with Gasteiger partial charge in [0.05, 0.1) is 22.6 Å². The van der Waals surface area contributed by atoms with Crippen molar-refractivity contribution >= 4 is 22.5 Å². The molecule has 0 amide bonds. The minimum Gasteiger partial charge on any atom is -0.311 e. The molecular formula is C11H9ClF3N3O. The Morgan fingerprint density at radius 2 is 2.05 bits per heavy atom. The Morgan fingerprint density at radius 1 is 1.42 bits per heavy atom. The minimum atomic E-state index is -4.53. The van der Waals surface area contributed by atoms with Crippen LogP contribution in [0.4, 0.5) is 13.2 Å². The second-order valence-corrected chi connectivity index (χ2v) is 4.36. The van der Waals surface area contributed by atoms with Crippen LogP contribution in [0.15, 0.2) is 23.0 Å². The first-order valence-corrected chi connectivity index (χ1v) is 5.64. The van der Waals surface area contributed by atoms with Gasteiger partial charge in [0.15, 0.2) is 0 Å². The topological polar surface area (TPSA) is 60.9 Å². The van der Waals surface area contributed by atoms with Gasteiger partial charge in [0.2, 0.25) is 5.28 Å². The number of fused-ring (bicyclic) bond motifs is 1. The molecule has 0 aliphatic carbocycles. The van der Waals surface area contributed by atoms with E-state index in [1.807, 2.05) is 0 Å². The van der Waals surface area contributed by atoms with Crippen molar-refractivity contribution in [3.8, 4) is 0 Å². The standard InChI is InChI=1S/C11H9ClF3N3O/c1-5(16)18-9(19)7-4-6(11(13,14)15)2-3-8(7)17-10(18)12/h2-5H,16H2,1H3. The van der Waals surface area contributed by atoms with Crippen molar-refractivity contribution in [3.63, 3.8) is 0 Å². The van der Waals surface area contributed by atoms with Crippen LogP contribution >= 0.6 is 11.6 Å². The predicted octanol–water partition coefficient (Wildman–Crippen LogP) is 2.55. The summed E-state index contributed by atoms with van der Waals surface area (Å²) in [6, 6.07) is 2.71. The summed E-state index contributed by atoms with van der Waals surface area (Å²) in [6.45, 7) is 1.48. The molecule has 1 aromatic heterocycles. The molecule has 2 N–H and O–H groups in total. The van der Waals surface area contributed by atoms with Crippen LogP contribution in [-0.2, 0) is 6.18 Å². The lowest BCUT2D eigenvalue weighted by Crippen LogP contribution is -2.29. The van der Waals surface area contributed by atoms with Crippen molar-refractivity contribution in [2.45, 2.75) is 19.3 Å². The van der Waals surface area contributed by atoms with E-state index in [0.717, 1.165) is 22.8 Å². The minimum absolute atomic E-state index is 0.0971. The van der Waals surface area contributed by atoms with Gasteiger partial charge in [-0.1, -0.05) is 0 Å². The van der Waals surface area contributed by atoms with Gasteiger partial charge in [-0.3, -0.25) is 9.36 Å². The molecule has 2 rings (SSSR count). The van der Waals surface area contributed by atoms with Crippen LogP contribution in [0.1, 0.15) is 18.7 Å². The Labute approximate surface area is 110 Å². The molecule has 1 aromatic carbocycles. The summed E-state index contributed by atoms with van der Waals surface area (Å²) >= 11 is 5.78. The summed E-state index contributed by atoms with van der Waals surface area (Å²) in [7, 11) is 0. The van der Waals surface area contributed by atoms with Crippen LogP contribution in [0, 0.1) is 0 Å². The highest BCUT2D eigenvalue weighted by Gasteiger charge is 2.31. The molecule has 19 heavy (non-hydrogen) atoms. The fourth-order valence-electron chi connectivity index (χ4n) is 1.70. The second-order valence-electron chi connectivity index (χ2n) is 4.03. The van der Waals surface area contributed by atoms with E-state index >= 15 is 0 Å². The molecule has 0 spiro atoms. The zero-order valence-electron chi connectivity index (χ0n) is 9.70. The SMILES string of the molecule is CC(N)n1c(Cl)nc2ccc(C(F)(F)F)cc2c1=O. The summed E-state index contributed by atoms with van der Waals surface area (Å²) in [6.07, 6.45) is -5.31. The Morgan fingerprint density at radius 3 is 2.58 bits per heavy atom. The molecule has 1 heterocycles. The van der Waals surface area contributed by atoms with Crippen molar-refractivity contribution in [2.24, 2.45) is 5.73 Å². The van der Waals surface area contributed by atoms with Crippen molar-refractivity contribution in [1.29, 1.82) is 0 Å². The van der Waals surface area contributed by atoms with Gasteiger partial charge in [-0.15, -0.1) is 0 Å². The quantitative estimate of drug-likeness (QED) is 0.821. The smallest absolute Gasteiger partial charge is 0.311 e. The van der Waals surface area contributed by atoms with E-state index in [4.69, 9.17) is 17.3 Å². The van der Waals surface area contributed by atoms with E-state index in [9.17, 15) is 18.0 Å². The Bertz CT molecular complexity index is 694. The van der Waals surface area contributed by atoms with Crippen molar-refractivity contribution in [2.75, 3.05) is 0 Å². The molecule has 0 saturated heterocycles. The second kappa shape index (κ2) is 4.50. The molecule has 0 aliphatic rings. The number of nitrogens with zero attached hydrogens (tertiary/aromatic N) is 2. The molecular weight excluding hydrogens is 283 g/mol. The summed E-state index contributed by atoms with van der Waals surface area (Å²) in [5, 5.41) is -0.330. The van der Waals surface area contributed by atoms with Gasteiger partial charge < -0.3 is 5.73 Å². The van der Waals surface area contributed by atoms with E-state index in [0.29, 0.717) is 0 Å². The van der Waals surface area contributed by atoms with E-state index < -0.39 is 23.5 Å². The van der Waals surface area contributed by atoms with Crippen molar-refractivity contribution < 1.29 is 13.2 Å². The maximum atomic E-state index is 12.6. The molecule has 4 nitrogen and oxygen atoms in total. The first kappa shape index (κ1) is 13.8. The maximum Gasteiger partial charge on any atom is 0.416 e. The molecule has 0 fully saturated rings. The number of halogens is 4. The normalized spacial score (nSPS) is 13.8. The fourth-order valence-corrected chi connectivity index (χ4v) is 2.02. The summed E-state index contributed by atoms with van der Waals surface area (Å²) in [5.41, 5.74) is 4.03. The summed E-state index contributed by atoms with van der Waals surface area (Å²) in [4.78, 5) is 15.9. The van der Waals surface area contributed by atoms with Crippen molar-refractivity contribution in [3.05, 3.63) is 39.4 Å². The highest BCUT2D eigenvalue weighted by Crippen LogP contribution is 2.30. The molecule has 0 saturated carbocycles. The summed E-state index contributed by atoms with van der Waals surface area (Å²) in [5.74, 6) is 0. The molecule has 8 heteroatoms. The first-order chi connectivity index (χ1) is 8.71. The highest BCUT2D eigenvalue weighted by molar-refractivity contribution is 6.28. The number of rotatable bonds is 1. The zero-order chi connectivity index (χ0) is 14.4. The number of hydrogen-bond acceptors (Lipinski definition) is 3. The van der Waals surface area contributed by atoms with Crippen LogP contribution in [-0.4, -0.2) is 9.55 Å². The van der Waals surface area contributed by atoms with Crippen molar-refractivity contribution in [1.82, 2.24) is 9.55 Å². The van der Waals surface area contributed by atoms with Gasteiger partial charge in [-0.25, -0.2) is 4.98 Å². The molecule has 0 radical (unpaired) electrons. The average molecular weight is 292 g/mol. The van der Waals surface area contributed by atoms with Crippen LogP contribution < -0.4 is 11.3 Å². The van der Waals surface area contributed by atoms with Gasteiger partial charge >= 0.3 is 6.18 Å². The number of hydrogen-bond donors (Lipinski definition) is 1. The lowest BCUT2D eigenvalue weighted by Gasteiger charge is -2.13. The lowest BCUT2D eigenvalue weighted by atomic mass is 10.1. The molecule has 0 bridgehead atoms. The number of alkyl halides is 3. The van der Waals surface area contributed by atoms with Gasteiger partial charge in [-0.05, 0) is 36.7 Å². The van der Waals surface area contributed by atoms with E-state index in [1.54, 1.807) is 0 Å². The molecule has 102 valence electrons. The van der Waals surface area contributed by atoms with E-state index in [-0.39, 0.29) is 16.2 Å². The molecule has 2 aromatic rings. The highest BCUT2D eigenvalue weighted by atomic mass is 35.5. The Balaban J connectivity index is 2.82. The fraction of sp³-hybridized carbons (Fsp3) is 0.273. The third-order valence-electron chi connectivity index (χ3n) is 2.59. The van der Waals surface area contributed by atoms with Gasteiger partial charge in [0.1, 0.15) is 0 Å². The maximum absolute atomic E-state index is 12.6. The van der Waals surface area contributed by atoms with Crippen LogP contribution in [0.2, 0.25) is 5.28 Å². The predicted molar refractivity (Wildman–Crippen MR) is 64.9 cm³/mol. The van der Waals surface area contributed by atoms with Crippen LogP contribution in [0.3, 0.4) is 0 Å². The summed E-state index contributed by atoms with van der Waals surface area (Å²) < 4.78 is 38.8. The third kappa shape index (κ3) is 2.43. The first-order valence-electron chi connectivity index (χ1n) is 5.26. The van der Waals surface area contributed by atoms with Crippen LogP contribution in [0.5, 0.6) is 0 Å². The molecule has 1 unspecified atom stereocenters. The zero-order valence-corrected chi connectivity index (χ0v) is 10.5.